The number of alkyl halides is 3. The van der Waals surface area contributed by atoms with Gasteiger partial charge in [0, 0.05) is 26.1 Å². The summed E-state index contributed by atoms with van der Waals surface area (Å²) in [7, 11) is 0. The van der Waals surface area contributed by atoms with Crippen LogP contribution in [-0.2, 0) is 46.4 Å². The standard InChI is InChI=1S/C36H48F3N7O7/c1-3-23(2)30(45-31(48)26(40)20-24-12-6-4-7-13-24)33(50)42-22-29(47)44-27(21-25-14-8-5-9-15-25)34(51)46-19-10-16-28(46)32(49)41-17-11-18-43-53-35(52)36(37,38)39/h4-9,12-15,23,26-28,30,43H,3,10-11,16-22,40H2,1-2H3,(H,41,49)(H,42,50)(H,44,47)(H,45,48)/t23?,26-,27-,28-,30-/m0/s1. The molecule has 17 heteroatoms. The number of carbonyl (C=O) groups excluding carboxylic acids is 6. The Morgan fingerprint density at radius 1 is 0.887 bits per heavy atom. The molecule has 3 rings (SSSR count). The zero-order valence-corrected chi connectivity index (χ0v) is 29.7. The van der Waals surface area contributed by atoms with Crippen molar-refractivity contribution < 1.29 is 46.8 Å². The molecule has 2 aromatic carbocycles. The Hall–Kier alpha value is -5.03. The molecule has 0 spiro atoms. The summed E-state index contributed by atoms with van der Waals surface area (Å²) in [6, 6.07) is 14.3. The molecule has 0 aliphatic carbocycles. The number of carbonyl (C=O) groups is 6. The number of likely N-dealkylation sites (tertiary alicyclic amines) is 1. The Kier molecular flexibility index (Phi) is 16.7. The van der Waals surface area contributed by atoms with Crippen LogP contribution in [0.25, 0.3) is 0 Å². The molecule has 0 saturated carbocycles. The number of nitrogens with one attached hydrogen (secondary N) is 5. The highest BCUT2D eigenvalue weighted by atomic mass is 19.4. The van der Waals surface area contributed by atoms with Crippen LogP contribution in [0.5, 0.6) is 0 Å². The number of benzene rings is 2. The van der Waals surface area contributed by atoms with Crippen LogP contribution in [0.4, 0.5) is 13.2 Å². The van der Waals surface area contributed by atoms with Gasteiger partial charge in [-0.05, 0) is 42.7 Å². The lowest BCUT2D eigenvalue weighted by Crippen LogP contribution is -2.57. The number of amides is 5. The SMILES string of the molecule is CCC(C)[C@H](NC(=O)[C@@H](N)Cc1ccccc1)C(=O)NCC(=O)N[C@@H](Cc1ccccc1)C(=O)N1CCC[C@H]1C(=O)NCCCNOC(=O)C(F)(F)F. The molecule has 1 heterocycles. The van der Waals surface area contributed by atoms with Crippen LogP contribution in [0.15, 0.2) is 60.7 Å². The molecule has 7 N–H and O–H groups in total. The van der Waals surface area contributed by atoms with Crippen molar-refractivity contribution in [3.8, 4) is 0 Å². The Balaban J connectivity index is 1.59. The third-order valence-corrected chi connectivity index (χ3v) is 8.76. The van der Waals surface area contributed by atoms with Crippen LogP contribution in [0.3, 0.4) is 0 Å². The van der Waals surface area contributed by atoms with E-state index in [9.17, 15) is 41.9 Å². The van der Waals surface area contributed by atoms with Crippen LogP contribution in [-0.4, -0.2) is 96.9 Å². The van der Waals surface area contributed by atoms with Crippen molar-refractivity contribution in [2.75, 3.05) is 26.2 Å². The van der Waals surface area contributed by atoms with Crippen LogP contribution in [0.1, 0.15) is 50.7 Å². The fourth-order valence-corrected chi connectivity index (χ4v) is 5.66. The van der Waals surface area contributed by atoms with E-state index in [1.54, 1.807) is 37.3 Å². The van der Waals surface area contributed by atoms with Gasteiger partial charge < -0.3 is 36.7 Å². The van der Waals surface area contributed by atoms with Crippen molar-refractivity contribution >= 4 is 35.5 Å². The molecule has 1 fully saturated rings. The molecule has 14 nitrogen and oxygen atoms in total. The fraction of sp³-hybridized carbons (Fsp3) is 0.500. The van der Waals surface area contributed by atoms with Gasteiger partial charge in [0.25, 0.3) is 0 Å². The van der Waals surface area contributed by atoms with E-state index in [0.29, 0.717) is 19.3 Å². The molecule has 1 unspecified atom stereocenters. The maximum absolute atomic E-state index is 13.9. The predicted molar refractivity (Wildman–Crippen MR) is 187 cm³/mol. The smallest absolute Gasteiger partial charge is 0.364 e. The third kappa shape index (κ3) is 13.8. The zero-order chi connectivity index (χ0) is 39.0. The molecule has 0 radical (unpaired) electrons. The highest BCUT2D eigenvalue weighted by Gasteiger charge is 2.41. The Labute approximate surface area is 306 Å². The lowest BCUT2D eigenvalue weighted by atomic mass is 9.97. The lowest BCUT2D eigenvalue weighted by Gasteiger charge is -2.29. The van der Waals surface area contributed by atoms with E-state index >= 15 is 0 Å². The summed E-state index contributed by atoms with van der Waals surface area (Å²) in [5.41, 5.74) is 9.63. The predicted octanol–water partition coefficient (Wildman–Crippen LogP) is 1.04. The van der Waals surface area contributed by atoms with Crippen LogP contribution in [0.2, 0.25) is 0 Å². The summed E-state index contributed by atoms with van der Waals surface area (Å²) in [4.78, 5) is 82.4. The number of hydroxylamine groups is 1. The Morgan fingerprint density at radius 3 is 2.11 bits per heavy atom. The number of nitrogens with zero attached hydrogens (tertiary/aromatic N) is 1. The lowest BCUT2D eigenvalue weighted by molar-refractivity contribution is -0.206. The number of nitrogens with two attached hydrogens (primary N) is 1. The molecule has 2 aromatic rings. The molecule has 53 heavy (non-hydrogen) atoms. The van der Waals surface area contributed by atoms with E-state index < -0.39 is 72.4 Å². The molecule has 1 aliphatic rings. The topological polar surface area (TPSA) is 201 Å². The quantitative estimate of drug-likeness (QED) is 0.0898. The summed E-state index contributed by atoms with van der Waals surface area (Å²) < 4.78 is 36.7. The van der Waals surface area contributed by atoms with Gasteiger partial charge in [-0.1, -0.05) is 80.9 Å². The first-order chi connectivity index (χ1) is 25.2. The molecule has 1 saturated heterocycles. The summed E-state index contributed by atoms with van der Waals surface area (Å²) in [6.45, 7) is 3.26. The van der Waals surface area contributed by atoms with Crippen molar-refractivity contribution in [3.63, 3.8) is 0 Å². The number of halogens is 3. The zero-order valence-electron chi connectivity index (χ0n) is 29.7. The molecular weight excluding hydrogens is 699 g/mol. The largest absolute Gasteiger partial charge is 0.492 e. The van der Waals surface area contributed by atoms with Crippen LogP contribution >= 0.6 is 0 Å². The Morgan fingerprint density at radius 2 is 1.51 bits per heavy atom. The summed E-state index contributed by atoms with van der Waals surface area (Å²) in [5.74, 6) is -5.45. The first-order valence-electron chi connectivity index (χ1n) is 17.5. The van der Waals surface area contributed by atoms with Crippen molar-refractivity contribution in [3.05, 3.63) is 71.8 Å². The van der Waals surface area contributed by atoms with Gasteiger partial charge in [-0.3, -0.25) is 24.0 Å². The van der Waals surface area contributed by atoms with E-state index in [4.69, 9.17) is 5.73 Å². The molecule has 0 aromatic heterocycles. The Bertz CT molecular complexity index is 1530. The normalized spacial score (nSPS) is 16.4. The van der Waals surface area contributed by atoms with Gasteiger partial charge in [0.05, 0.1) is 12.6 Å². The van der Waals surface area contributed by atoms with E-state index in [2.05, 4.69) is 26.1 Å². The molecule has 290 valence electrons. The highest BCUT2D eigenvalue weighted by molar-refractivity contribution is 5.95. The fourth-order valence-electron chi connectivity index (χ4n) is 5.66. The van der Waals surface area contributed by atoms with Gasteiger partial charge >= 0.3 is 12.1 Å². The van der Waals surface area contributed by atoms with Gasteiger partial charge in [0.2, 0.25) is 29.5 Å². The molecule has 5 atom stereocenters. The minimum absolute atomic E-state index is 0.0227. The molecule has 0 bridgehead atoms. The summed E-state index contributed by atoms with van der Waals surface area (Å²) in [6.07, 6.45) is -3.25. The summed E-state index contributed by atoms with van der Waals surface area (Å²) >= 11 is 0. The second-order valence-electron chi connectivity index (χ2n) is 12.8. The van der Waals surface area contributed by atoms with Crippen molar-refractivity contribution in [2.45, 2.75) is 82.7 Å². The third-order valence-electron chi connectivity index (χ3n) is 8.76. The van der Waals surface area contributed by atoms with Crippen molar-refractivity contribution in [2.24, 2.45) is 11.7 Å². The minimum Gasteiger partial charge on any atom is -0.364 e. The van der Waals surface area contributed by atoms with Gasteiger partial charge in [0.1, 0.15) is 18.1 Å². The number of hydrogen-bond donors (Lipinski definition) is 6. The number of rotatable bonds is 19. The molecule has 1 aliphatic heterocycles. The molecular formula is C36H48F3N7O7. The van der Waals surface area contributed by atoms with Gasteiger partial charge in [-0.15, -0.1) is 0 Å². The number of hydrogen-bond acceptors (Lipinski definition) is 9. The van der Waals surface area contributed by atoms with Crippen LogP contribution < -0.4 is 32.5 Å². The van der Waals surface area contributed by atoms with E-state index in [1.165, 1.54) is 4.90 Å². The van der Waals surface area contributed by atoms with Crippen molar-refractivity contribution in [1.29, 1.82) is 0 Å². The molecule has 5 amide bonds. The van der Waals surface area contributed by atoms with E-state index in [1.807, 2.05) is 42.7 Å². The first-order valence-corrected chi connectivity index (χ1v) is 17.5. The summed E-state index contributed by atoms with van der Waals surface area (Å²) in [5, 5.41) is 10.6. The maximum Gasteiger partial charge on any atom is 0.492 e. The van der Waals surface area contributed by atoms with Gasteiger partial charge in [-0.25, -0.2) is 4.79 Å². The highest BCUT2D eigenvalue weighted by Crippen LogP contribution is 2.20. The average molecular weight is 748 g/mol. The van der Waals surface area contributed by atoms with Crippen molar-refractivity contribution in [1.82, 2.24) is 31.6 Å². The van der Waals surface area contributed by atoms with Gasteiger partial charge in [-0.2, -0.15) is 18.7 Å². The van der Waals surface area contributed by atoms with E-state index in [0.717, 1.165) is 11.1 Å². The first kappa shape index (κ1) is 42.4. The van der Waals surface area contributed by atoms with E-state index in [-0.39, 0.29) is 44.8 Å². The average Bonchev–Trinajstić information content (AvgIpc) is 3.64. The second kappa shape index (κ2) is 20.9. The second-order valence-corrected chi connectivity index (χ2v) is 12.8. The van der Waals surface area contributed by atoms with Gasteiger partial charge in [0.15, 0.2) is 0 Å². The van der Waals surface area contributed by atoms with Crippen LogP contribution in [0, 0.1) is 5.92 Å². The monoisotopic (exact) mass is 747 g/mol. The maximum atomic E-state index is 13.9. The minimum atomic E-state index is -5.14.